The van der Waals surface area contributed by atoms with Gasteiger partial charge in [-0.05, 0) is 111 Å². The lowest BCUT2D eigenvalue weighted by Crippen LogP contribution is -2.65. The number of carboxylic acid groups (broad SMARTS) is 1. The summed E-state index contributed by atoms with van der Waals surface area (Å²) in [6.07, 6.45) is 12.2. The molecule has 0 aromatic carbocycles. The zero-order valence-electron chi connectivity index (χ0n) is 22.4. The minimum atomic E-state index is -0.626. The molecule has 0 saturated heterocycles. The highest BCUT2D eigenvalue weighted by molar-refractivity contribution is 5.74. The molecule has 4 saturated carbocycles. The van der Waals surface area contributed by atoms with E-state index in [1.165, 1.54) is 12.8 Å². The van der Waals surface area contributed by atoms with Crippen molar-refractivity contribution in [1.82, 2.24) is 0 Å². The maximum atomic E-state index is 12.2. The van der Waals surface area contributed by atoms with E-state index < -0.39 is 22.9 Å². The second-order valence-corrected chi connectivity index (χ2v) is 14.8. The summed E-state index contributed by atoms with van der Waals surface area (Å²) in [5.41, 5.74) is 1.13. The second-order valence-electron chi connectivity index (χ2n) is 14.8. The lowest BCUT2D eigenvalue weighted by atomic mass is 9.33. The summed E-state index contributed by atoms with van der Waals surface area (Å²) in [7, 11) is 0. The smallest absolute Gasteiger partial charge is 0.309 e. The SMILES string of the molecule is C[C@@]1(C(=O)O)CC[C@]2(C)CC[C@]3(C)C(=CC[C@@H]4[C@@]5(C)CC[C@@H](O)[C@@](C)(CO)[C@@H]5CC[C@]43C)[C@@H]2C1. The molecule has 0 aliphatic heterocycles. The molecule has 5 rings (SSSR count). The highest BCUT2D eigenvalue weighted by Crippen LogP contribution is 2.75. The Morgan fingerprint density at radius 3 is 2.26 bits per heavy atom. The van der Waals surface area contributed by atoms with Crippen LogP contribution in [0.15, 0.2) is 11.6 Å². The monoisotopic (exact) mass is 472 g/mol. The Bertz CT molecular complexity index is 911. The maximum Gasteiger partial charge on any atom is 0.309 e. The largest absolute Gasteiger partial charge is 0.481 e. The molecule has 10 atom stereocenters. The molecule has 0 unspecified atom stereocenters. The van der Waals surface area contributed by atoms with Crippen molar-refractivity contribution >= 4 is 5.97 Å². The number of hydrogen-bond donors (Lipinski definition) is 3. The Labute approximate surface area is 206 Å². The molecule has 34 heavy (non-hydrogen) atoms. The van der Waals surface area contributed by atoms with Gasteiger partial charge in [0.05, 0.1) is 18.1 Å². The molecule has 0 spiro atoms. The molecule has 0 aromatic heterocycles. The van der Waals surface area contributed by atoms with Gasteiger partial charge in [-0.3, -0.25) is 4.79 Å². The number of hydrogen-bond acceptors (Lipinski definition) is 3. The molecule has 4 heteroatoms. The van der Waals surface area contributed by atoms with Crippen molar-refractivity contribution in [1.29, 1.82) is 0 Å². The van der Waals surface area contributed by atoms with Crippen LogP contribution in [0.1, 0.15) is 106 Å². The summed E-state index contributed by atoms with van der Waals surface area (Å²) in [4.78, 5) is 12.2. The Morgan fingerprint density at radius 1 is 0.941 bits per heavy atom. The quantitative estimate of drug-likeness (QED) is 0.418. The van der Waals surface area contributed by atoms with Gasteiger partial charge in [0, 0.05) is 5.41 Å². The minimum absolute atomic E-state index is 0.0599. The van der Waals surface area contributed by atoms with Crippen LogP contribution in [0.25, 0.3) is 0 Å². The fraction of sp³-hybridized carbons (Fsp3) is 0.900. The summed E-state index contributed by atoms with van der Waals surface area (Å²) in [6, 6.07) is 0. The lowest BCUT2D eigenvalue weighted by molar-refractivity contribution is -0.215. The standard InChI is InChI=1S/C30H48O4/c1-25-13-14-26(2,24(33)34)17-20(25)19-7-8-22-27(3)11-10-23(32)28(4,18-31)21(27)9-12-30(22,6)29(19,5)16-15-25/h7,20-23,31-32H,8-18H2,1-6H3,(H,33,34)/t20-,21+,22+,23+,25+,26+,27-,28-,29+,30+/m0/s1. The third-order valence-corrected chi connectivity index (χ3v) is 13.5. The first kappa shape index (κ1) is 24.8. The van der Waals surface area contributed by atoms with Crippen molar-refractivity contribution in [2.75, 3.05) is 6.61 Å². The van der Waals surface area contributed by atoms with E-state index in [-0.39, 0.29) is 28.3 Å². The number of aliphatic hydroxyl groups excluding tert-OH is 2. The molecule has 0 bridgehead atoms. The first-order chi connectivity index (χ1) is 15.7. The molecule has 4 nitrogen and oxygen atoms in total. The van der Waals surface area contributed by atoms with Gasteiger partial charge in [-0.25, -0.2) is 0 Å². The summed E-state index contributed by atoms with van der Waals surface area (Å²) >= 11 is 0. The van der Waals surface area contributed by atoms with E-state index in [0.717, 1.165) is 51.4 Å². The van der Waals surface area contributed by atoms with Crippen molar-refractivity contribution in [2.24, 2.45) is 50.2 Å². The van der Waals surface area contributed by atoms with Gasteiger partial charge in [-0.15, -0.1) is 0 Å². The maximum absolute atomic E-state index is 12.2. The van der Waals surface area contributed by atoms with Crippen molar-refractivity contribution in [3.63, 3.8) is 0 Å². The van der Waals surface area contributed by atoms with E-state index in [1.54, 1.807) is 5.57 Å². The van der Waals surface area contributed by atoms with Gasteiger partial charge in [0.25, 0.3) is 0 Å². The van der Waals surface area contributed by atoms with Crippen LogP contribution in [0, 0.1) is 50.2 Å². The highest BCUT2D eigenvalue weighted by atomic mass is 16.4. The van der Waals surface area contributed by atoms with Crippen molar-refractivity contribution in [3.05, 3.63) is 11.6 Å². The van der Waals surface area contributed by atoms with E-state index in [1.807, 2.05) is 6.92 Å². The van der Waals surface area contributed by atoms with E-state index >= 15 is 0 Å². The minimum Gasteiger partial charge on any atom is -0.481 e. The average molecular weight is 473 g/mol. The van der Waals surface area contributed by atoms with Crippen LogP contribution in [0.2, 0.25) is 0 Å². The van der Waals surface area contributed by atoms with E-state index in [4.69, 9.17) is 0 Å². The van der Waals surface area contributed by atoms with Crippen molar-refractivity contribution in [2.45, 2.75) is 112 Å². The van der Waals surface area contributed by atoms with Gasteiger partial charge < -0.3 is 15.3 Å². The third kappa shape index (κ3) is 2.88. The number of carboxylic acids is 1. The molecule has 5 aliphatic carbocycles. The third-order valence-electron chi connectivity index (χ3n) is 13.5. The molecular weight excluding hydrogens is 424 g/mol. The zero-order valence-corrected chi connectivity index (χ0v) is 22.4. The van der Waals surface area contributed by atoms with E-state index in [9.17, 15) is 20.1 Å². The van der Waals surface area contributed by atoms with Gasteiger partial charge in [0.1, 0.15) is 0 Å². The van der Waals surface area contributed by atoms with Crippen molar-refractivity contribution < 1.29 is 20.1 Å². The van der Waals surface area contributed by atoms with Gasteiger partial charge >= 0.3 is 5.97 Å². The summed E-state index contributed by atoms with van der Waals surface area (Å²) in [6.45, 7) is 14.1. The number of fused-ring (bicyclic) bond motifs is 7. The predicted molar refractivity (Wildman–Crippen MR) is 134 cm³/mol. The van der Waals surface area contributed by atoms with E-state index in [2.05, 4.69) is 40.7 Å². The number of aliphatic hydroxyl groups is 2. The first-order valence-corrected chi connectivity index (χ1v) is 13.9. The van der Waals surface area contributed by atoms with Crippen molar-refractivity contribution in [3.8, 4) is 0 Å². The second kappa shape index (κ2) is 7.34. The van der Waals surface area contributed by atoms with E-state index in [0.29, 0.717) is 17.8 Å². The fourth-order valence-corrected chi connectivity index (χ4v) is 10.6. The number of aliphatic carboxylic acids is 1. The Hall–Kier alpha value is -0.870. The Balaban J connectivity index is 1.57. The first-order valence-electron chi connectivity index (χ1n) is 13.9. The van der Waals surface area contributed by atoms with Crippen LogP contribution < -0.4 is 0 Å². The van der Waals surface area contributed by atoms with Crippen LogP contribution in [-0.4, -0.2) is 34.0 Å². The van der Waals surface area contributed by atoms with Crippen LogP contribution in [0.4, 0.5) is 0 Å². The molecule has 0 aromatic rings. The van der Waals surface area contributed by atoms with Crippen LogP contribution in [0.3, 0.4) is 0 Å². The molecule has 3 N–H and O–H groups in total. The van der Waals surface area contributed by atoms with Gasteiger partial charge in [0.15, 0.2) is 0 Å². The number of rotatable bonds is 2. The molecule has 192 valence electrons. The van der Waals surface area contributed by atoms with Crippen LogP contribution >= 0.6 is 0 Å². The molecule has 0 amide bonds. The molecule has 4 fully saturated rings. The average Bonchev–Trinajstić information content (AvgIpc) is 2.78. The summed E-state index contributed by atoms with van der Waals surface area (Å²) < 4.78 is 0. The molecule has 0 radical (unpaired) electrons. The highest BCUT2D eigenvalue weighted by Gasteiger charge is 2.68. The summed E-state index contributed by atoms with van der Waals surface area (Å²) in [5.74, 6) is 0.605. The number of carbonyl (C=O) groups is 1. The van der Waals surface area contributed by atoms with Crippen LogP contribution in [-0.2, 0) is 4.79 Å². The molecular formula is C30H48O4. The molecule has 0 heterocycles. The fourth-order valence-electron chi connectivity index (χ4n) is 10.6. The van der Waals surface area contributed by atoms with Gasteiger partial charge in [-0.1, -0.05) is 46.3 Å². The Kier molecular flexibility index (Phi) is 5.36. The number of allylic oxidation sites excluding steroid dienone is 2. The van der Waals surface area contributed by atoms with Gasteiger partial charge in [0.2, 0.25) is 0 Å². The Morgan fingerprint density at radius 2 is 1.62 bits per heavy atom. The topological polar surface area (TPSA) is 77.8 Å². The summed E-state index contributed by atoms with van der Waals surface area (Å²) in [5, 5.41) is 31.4. The predicted octanol–water partition coefficient (Wildman–Crippen LogP) is 6.21. The van der Waals surface area contributed by atoms with Crippen LogP contribution in [0.5, 0.6) is 0 Å². The lowest BCUT2D eigenvalue weighted by Gasteiger charge is -2.71. The normalized spacial score (nSPS) is 56.9. The molecule has 5 aliphatic rings. The zero-order chi connectivity index (χ0) is 24.9. The van der Waals surface area contributed by atoms with Gasteiger partial charge in [-0.2, -0.15) is 0 Å².